The van der Waals surface area contributed by atoms with Crippen molar-refractivity contribution >= 4 is 29.7 Å². The molecule has 6 nitrogen and oxygen atoms in total. The monoisotopic (exact) mass is 302 g/mol. The third kappa shape index (κ3) is 6.79. The smallest absolute Gasteiger partial charge is 0.321 e. The molecule has 3 amide bonds. The summed E-state index contributed by atoms with van der Waals surface area (Å²) in [6.07, 6.45) is 3.37. The maximum atomic E-state index is 11.5. The zero-order chi connectivity index (χ0) is 15.0. The summed E-state index contributed by atoms with van der Waals surface area (Å²) in [6.45, 7) is 2.66. The quantitative estimate of drug-likeness (QED) is 0.623. The van der Waals surface area contributed by atoms with Gasteiger partial charge in [-0.05, 0) is 38.4 Å². The summed E-state index contributed by atoms with van der Waals surface area (Å²) in [4.78, 5) is 33.3. The van der Waals surface area contributed by atoms with Crippen molar-refractivity contribution in [3.05, 3.63) is 0 Å². The van der Waals surface area contributed by atoms with E-state index in [2.05, 4.69) is 17.6 Å². The summed E-state index contributed by atoms with van der Waals surface area (Å²) in [7, 11) is 0. The fraction of sp³-hybridized carbons (Fsp3) is 0.769. The lowest BCUT2D eigenvalue weighted by Gasteiger charge is -2.22. The zero-order valence-electron chi connectivity index (χ0n) is 11.7. The van der Waals surface area contributed by atoms with Crippen molar-refractivity contribution in [3.63, 3.8) is 0 Å². The number of rotatable bonds is 7. The van der Waals surface area contributed by atoms with Crippen LogP contribution in [0.15, 0.2) is 0 Å². The van der Waals surface area contributed by atoms with Gasteiger partial charge in [-0.15, -0.1) is 0 Å². The largest absolute Gasteiger partial charge is 0.481 e. The summed E-state index contributed by atoms with van der Waals surface area (Å²) in [5, 5.41) is 13.4. The minimum atomic E-state index is -0.870. The number of urea groups is 1. The maximum absolute atomic E-state index is 11.5. The topological polar surface area (TPSA) is 95.5 Å². The number of imide groups is 1. The normalized spacial score (nSPS) is 21.4. The van der Waals surface area contributed by atoms with Gasteiger partial charge in [-0.25, -0.2) is 4.79 Å². The van der Waals surface area contributed by atoms with Crippen LogP contribution in [0.3, 0.4) is 0 Å². The second kappa shape index (κ2) is 8.14. The molecule has 0 radical (unpaired) electrons. The molecule has 1 aliphatic heterocycles. The number of nitrogens with one attached hydrogen (secondary N) is 2. The molecule has 1 unspecified atom stereocenters. The van der Waals surface area contributed by atoms with Gasteiger partial charge in [0.1, 0.15) is 0 Å². The van der Waals surface area contributed by atoms with Gasteiger partial charge in [0.2, 0.25) is 5.91 Å². The van der Waals surface area contributed by atoms with E-state index in [-0.39, 0.29) is 23.5 Å². The number of unbranched alkanes of at least 4 members (excludes halogenated alkanes) is 1. The molecule has 0 aromatic heterocycles. The number of amides is 3. The molecule has 20 heavy (non-hydrogen) atoms. The molecule has 0 spiro atoms. The first kappa shape index (κ1) is 16.8. The molecular weight excluding hydrogens is 280 g/mol. The van der Waals surface area contributed by atoms with Crippen LogP contribution < -0.4 is 10.6 Å². The van der Waals surface area contributed by atoms with Gasteiger partial charge in [-0.3, -0.25) is 14.9 Å². The number of hydrogen-bond acceptors (Lipinski definition) is 4. The molecule has 114 valence electrons. The summed E-state index contributed by atoms with van der Waals surface area (Å²) in [5.41, 5.74) is 0. The highest BCUT2D eigenvalue weighted by molar-refractivity contribution is 8.00. The SMILES string of the molecule is CC1(CNC(=O)NC(=O)CCCCC(=O)O)CCCS1. The second-order valence-corrected chi connectivity index (χ2v) is 6.92. The van der Waals surface area contributed by atoms with E-state index in [9.17, 15) is 14.4 Å². The molecule has 0 aliphatic carbocycles. The highest BCUT2D eigenvalue weighted by Crippen LogP contribution is 2.36. The molecule has 1 heterocycles. The van der Waals surface area contributed by atoms with E-state index in [0.717, 1.165) is 18.6 Å². The molecule has 0 aromatic rings. The van der Waals surface area contributed by atoms with Crippen LogP contribution in [0.4, 0.5) is 4.79 Å². The Bertz CT molecular complexity index is 367. The molecule has 0 aromatic carbocycles. The van der Waals surface area contributed by atoms with E-state index in [0.29, 0.717) is 19.4 Å². The van der Waals surface area contributed by atoms with Crippen LogP contribution in [-0.4, -0.2) is 40.1 Å². The summed E-state index contributed by atoms with van der Waals surface area (Å²) < 4.78 is 0.0713. The lowest BCUT2D eigenvalue weighted by atomic mass is 10.1. The van der Waals surface area contributed by atoms with Gasteiger partial charge in [0.05, 0.1) is 0 Å². The van der Waals surface area contributed by atoms with Crippen molar-refractivity contribution in [1.82, 2.24) is 10.6 Å². The highest BCUT2D eigenvalue weighted by atomic mass is 32.2. The number of hydrogen-bond donors (Lipinski definition) is 3. The average Bonchev–Trinajstić information content (AvgIpc) is 2.80. The summed E-state index contributed by atoms with van der Waals surface area (Å²) >= 11 is 1.84. The van der Waals surface area contributed by atoms with Gasteiger partial charge in [0, 0.05) is 24.1 Å². The number of carbonyl (C=O) groups excluding carboxylic acids is 2. The van der Waals surface area contributed by atoms with Crippen LogP contribution in [0.25, 0.3) is 0 Å². The molecule has 1 saturated heterocycles. The number of carbonyl (C=O) groups is 3. The van der Waals surface area contributed by atoms with Crippen LogP contribution >= 0.6 is 11.8 Å². The Balaban J connectivity index is 2.11. The predicted molar refractivity (Wildman–Crippen MR) is 77.7 cm³/mol. The molecule has 1 aliphatic rings. The molecule has 7 heteroatoms. The molecular formula is C13H22N2O4S. The van der Waals surface area contributed by atoms with Gasteiger partial charge in [-0.2, -0.15) is 11.8 Å². The Morgan fingerprint density at radius 2 is 1.95 bits per heavy atom. The third-order valence-electron chi connectivity index (χ3n) is 3.22. The molecule has 1 rings (SSSR count). The average molecular weight is 302 g/mol. The Labute approximate surface area is 123 Å². The van der Waals surface area contributed by atoms with Gasteiger partial charge < -0.3 is 10.4 Å². The van der Waals surface area contributed by atoms with Gasteiger partial charge in [0.25, 0.3) is 0 Å². The lowest BCUT2D eigenvalue weighted by molar-refractivity contribution is -0.137. The zero-order valence-corrected chi connectivity index (χ0v) is 12.6. The molecule has 3 N–H and O–H groups in total. The van der Waals surface area contributed by atoms with Gasteiger partial charge in [-0.1, -0.05) is 0 Å². The molecule has 0 bridgehead atoms. The predicted octanol–water partition coefficient (Wildman–Crippen LogP) is 1.74. The van der Waals surface area contributed by atoms with Crippen molar-refractivity contribution in [2.75, 3.05) is 12.3 Å². The lowest BCUT2D eigenvalue weighted by Crippen LogP contribution is -2.44. The van der Waals surface area contributed by atoms with Gasteiger partial charge in [0.15, 0.2) is 0 Å². The van der Waals surface area contributed by atoms with Crippen LogP contribution in [0.5, 0.6) is 0 Å². The van der Waals surface area contributed by atoms with Gasteiger partial charge >= 0.3 is 12.0 Å². The van der Waals surface area contributed by atoms with Crippen molar-refractivity contribution in [1.29, 1.82) is 0 Å². The first-order chi connectivity index (χ1) is 9.41. The first-order valence-corrected chi connectivity index (χ1v) is 7.83. The van der Waals surface area contributed by atoms with E-state index < -0.39 is 12.0 Å². The first-order valence-electron chi connectivity index (χ1n) is 6.85. The number of carboxylic acid groups (broad SMARTS) is 1. The Kier molecular flexibility index (Phi) is 6.84. The minimum Gasteiger partial charge on any atom is -0.481 e. The summed E-state index contributed by atoms with van der Waals surface area (Å²) in [6, 6.07) is -0.470. The summed E-state index contributed by atoms with van der Waals surface area (Å²) in [5.74, 6) is -0.120. The van der Waals surface area contributed by atoms with E-state index in [1.54, 1.807) is 0 Å². The Morgan fingerprint density at radius 1 is 1.25 bits per heavy atom. The van der Waals surface area contributed by atoms with E-state index >= 15 is 0 Å². The van der Waals surface area contributed by atoms with Crippen molar-refractivity contribution in [3.8, 4) is 0 Å². The van der Waals surface area contributed by atoms with E-state index in [1.807, 2.05) is 11.8 Å². The molecule has 0 saturated carbocycles. The van der Waals surface area contributed by atoms with Crippen molar-refractivity contribution < 1.29 is 19.5 Å². The standard InChI is InChI=1S/C13H22N2O4S/c1-13(7-4-8-20-13)9-14-12(19)15-10(16)5-2-3-6-11(17)18/h2-9H2,1H3,(H,17,18)(H2,14,15,16,19). The molecule has 1 atom stereocenters. The van der Waals surface area contributed by atoms with Crippen LogP contribution in [0.1, 0.15) is 45.4 Å². The minimum absolute atomic E-state index is 0.0506. The van der Waals surface area contributed by atoms with Crippen LogP contribution in [0, 0.1) is 0 Å². The fourth-order valence-corrected chi connectivity index (χ4v) is 3.28. The van der Waals surface area contributed by atoms with Crippen LogP contribution in [-0.2, 0) is 9.59 Å². The fourth-order valence-electron chi connectivity index (χ4n) is 2.04. The van der Waals surface area contributed by atoms with Crippen molar-refractivity contribution in [2.45, 2.75) is 50.2 Å². The number of thioether (sulfide) groups is 1. The van der Waals surface area contributed by atoms with E-state index in [1.165, 1.54) is 0 Å². The Hall–Kier alpha value is -1.24. The third-order valence-corrected chi connectivity index (χ3v) is 4.76. The number of carboxylic acids is 1. The van der Waals surface area contributed by atoms with E-state index in [4.69, 9.17) is 5.11 Å². The highest BCUT2D eigenvalue weighted by Gasteiger charge is 2.29. The van der Waals surface area contributed by atoms with Crippen LogP contribution in [0.2, 0.25) is 0 Å². The number of aliphatic carboxylic acids is 1. The second-order valence-electron chi connectivity index (χ2n) is 5.23. The van der Waals surface area contributed by atoms with Crippen molar-refractivity contribution in [2.24, 2.45) is 0 Å². The Morgan fingerprint density at radius 3 is 2.55 bits per heavy atom. The maximum Gasteiger partial charge on any atom is 0.321 e. The molecule has 1 fully saturated rings.